The summed E-state index contributed by atoms with van der Waals surface area (Å²) >= 11 is 18.1. The van der Waals surface area contributed by atoms with Gasteiger partial charge in [-0.1, -0.05) is 23.2 Å². The van der Waals surface area contributed by atoms with Crippen molar-refractivity contribution < 1.29 is 19.5 Å². The highest BCUT2D eigenvalue weighted by Crippen LogP contribution is 2.30. The van der Waals surface area contributed by atoms with Crippen LogP contribution in [0.5, 0.6) is 0 Å². The van der Waals surface area contributed by atoms with Gasteiger partial charge in [-0.3, -0.25) is 14.4 Å². The first-order valence-electron chi connectivity index (χ1n) is 6.66. The number of rotatable bonds is 5. The molecule has 0 atom stereocenters. The molecule has 0 radical (unpaired) electrons. The predicted octanol–water partition coefficient (Wildman–Crippen LogP) is 4.47. The number of aliphatic carboxylic acids is 1. The quantitative estimate of drug-likeness (QED) is 0.614. The number of carbonyl (C=O) groups is 3. The Balaban J connectivity index is 2.24. The molecule has 1 amide bonds. The smallest absolute Gasteiger partial charge is 0.303 e. The summed E-state index contributed by atoms with van der Waals surface area (Å²) in [5.41, 5.74) is 0.257. The van der Waals surface area contributed by atoms with Crippen LogP contribution in [0.1, 0.15) is 28.1 Å². The molecule has 1 heterocycles. The second-order valence-corrected chi connectivity index (χ2v) is 7.12. The first kappa shape index (κ1) is 19.9. The van der Waals surface area contributed by atoms with E-state index in [-0.39, 0.29) is 32.6 Å². The van der Waals surface area contributed by atoms with Crippen LogP contribution in [-0.2, 0) is 4.79 Å². The van der Waals surface area contributed by atoms with Crippen LogP contribution in [0.2, 0.25) is 10.0 Å². The Bertz CT molecular complexity index is 870. The third kappa shape index (κ3) is 4.81. The summed E-state index contributed by atoms with van der Waals surface area (Å²) in [6, 6.07) is 4.56. The number of carboxylic acids is 1. The van der Waals surface area contributed by atoms with Crippen molar-refractivity contribution in [2.45, 2.75) is 12.8 Å². The second kappa shape index (κ2) is 8.31. The lowest BCUT2D eigenvalue weighted by atomic mass is 10.3. The lowest BCUT2D eigenvalue weighted by Gasteiger charge is -2.06. The Labute approximate surface area is 168 Å². The summed E-state index contributed by atoms with van der Waals surface area (Å²) in [5.74, 6) is -2.29. The van der Waals surface area contributed by atoms with Crippen LogP contribution in [0, 0.1) is 0 Å². The van der Waals surface area contributed by atoms with Crippen molar-refractivity contribution in [3.05, 3.63) is 43.0 Å². The molecule has 0 bridgehead atoms. The molecule has 1 aromatic heterocycles. The van der Waals surface area contributed by atoms with Gasteiger partial charge in [0.05, 0.1) is 21.6 Å². The molecule has 0 aliphatic rings. The Morgan fingerprint density at radius 3 is 2.48 bits per heavy atom. The van der Waals surface area contributed by atoms with E-state index in [1.807, 2.05) is 0 Å². The van der Waals surface area contributed by atoms with Crippen molar-refractivity contribution in [3.63, 3.8) is 0 Å². The molecule has 2 rings (SSSR count). The van der Waals surface area contributed by atoms with Crippen LogP contribution in [-0.4, -0.2) is 32.7 Å². The van der Waals surface area contributed by atoms with Gasteiger partial charge >= 0.3 is 5.97 Å². The zero-order valence-electron chi connectivity index (χ0n) is 12.2. The third-order valence-corrected chi connectivity index (χ3v) is 5.52. The van der Waals surface area contributed by atoms with Crippen molar-refractivity contribution in [2.75, 3.05) is 5.32 Å². The SMILES string of the molecule is O=C(O)CCC(=O)n1nc(C(=O)Nc2ccc(Cl)cc2Cl)c(Br)c1Br. The number of nitrogens with zero attached hydrogens (tertiary/aromatic N) is 2. The fourth-order valence-electron chi connectivity index (χ4n) is 1.78. The van der Waals surface area contributed by atoms with E-state index in [1.165, 1.54) is 12.1 Å². The lowest BCUT2D eigenvalue weighted by molar-refractivity contribution is -0.137. The fourth-order valence-corrected chi connectivity index (χ4v) is 3.13. The van der Waals surface area contributed by atoms with Crippen LogP contribution < -0.4 is 5.32 Å². The average Bonchev–Trinajstić information content (AvgIpc) is 2.84. The van der Waals surface area contributed by atoms with Gasteiger partial charge in [0.2, 0.25) is 5.91 Å². The number of hydrogen-bond donors (Lipinski definition) is 2. The molecule has 25 heavy (non-hydrogen) atoms. The van der Waals surface area contributed by atoms with Crippen LogP contribution in [0.3, 0.4) is 0 Å². The number of amides is 1. The number of carbonyl (C=O) groups excluding carboxylic acids is 2. The van der Waals surface area contributed by atoms with Crippen LogP contribution >= 0.6 is 55.1 Å². The summed E-state index contributed by atoms with van der Waals surface area (Å²) in [6.45, 7) is 0. The molecule has 0 spiro atoms. The minimum absolute atomic E-state index is 0.0680. The van der Waals surface area contributed by atoms with Crippen molar-refractivity contribution in [3.8, 4) is 0 Å². The van der Waals surface area contributed by atoms with Gasteiger partial charge in [-0.05, 0) is 50.1 Å². The van der Waals surface area contributed by atoms with Crippen LogP contribution in [0.25, 0.3) is 0 Å². The Kier molecular flexibility index (Phi) is 6.61. The van der Waals surface area contributed by atoms with Crippen molar-refractivity contribution in [2.24, 2.45) is 0 Å². The molecule has 1 aromatic carbocycles. The molecule has 0 aliphatic carbocycles. The van der Waals surface area contributed by atoms with E-state index >= 15 is 0 Å². The number of anilines is 1. The molecule has 0 saturated carbocycles. The van der Waals surface area contributed by atoms with Gasteiger partial charge < -0.3 is 10.4 Å². The molecule has 132 valence electrons. The molecule has 7 nitrogen and oxygen atoms in total. The maximum absolute atomic E-state index is 12.4. The molecule has 2 N–H and O–H groups in total. The number of carboxylic acid groups (broad SMARTS) is 1. The maximum Gasteiger partial charge on any atom is 0.303 e. The highest BCUT2D eigenvalue weighted by molar-refractivity contribution is 9.13. The molecule has 0 saturated heterocycles. The van der Waals surface area contributed by atoms with Gasteiger partial charge in [-0.15, -0.1) is 0 Å². The second-order valence-electron chi connectivity index (χ2n) is 4.73. The minimum atomic E-state index is -1.11. The van der Waals surface area contributed by atoms with E-state index in [9.17, 15) is 14.4 Å². The predicted molar refractivity (Wildman–Crippen MR) is 99.5 cm³/mol. The topological polar surface area (TPSA) is 101 Å². The van der Waals surface area contributed by atoms with Gasteiger partial charge in [0.25, 0.3) is 5.91 Å². The van der Waals surface area contributed by atoms with Crippen molar-refractivity contribution >= 4 is 78.5 Å². The molecule has 11 heteroatoms. The highest BCUT2D eigenvalue weighted by atomic mass is 79.9. The monoisotopic (exact) mass is 511 g/mol. The zero-order chi connectivity index (χ0) is 18.7. The number of nitrogens with one attached hydrogen (secondary N) is 1. The van der Waals surface area contributed by atoms with E-state index in [0.717, 1.165) is 4.68 Å². The average molecular weight is 514 g/mol. The molecular weight excluding hydrogens is 505 g/mol. The summed E-state index contributed by atoms with van der Waals surface area (Å²) in [4.78, 5) is 35.0. The molecular formula is C14H9Br2Cl2N3O4. The number of aromatic nitrogens is 2. The van der Waals surface area contributed by atoms with Gasteiger partial charge in [-0.25, -0.2) is 0 Å². The standard InChI is InChI=1S/C14H9Br2Cl2N3O4/c15-11-12(14(25)19-8-2-1-6(17)5-7(8)18)20-21(13(11)16)9(22)3-4-10(23)24/h1-2,5H,3-4H2,(H,19,25)(H,23,24). The number of hydrogen-bond acceptors (Lipinski definition) is 4. The lowest BCUT2D eigenvalue weighted by Crippen LogP contribution is -2.17. The largest absolute Gasteiger partial charge is 0.481 e. The van der Waals surface area contributed by atoms with Gasteiger partial charge in [0.15, 0.2) is 5.69 Å². The Morgan fingerprint density at radius 2 is 1.88 bits per heavy atom. The fraction of sp³-hybridized carbons (Fsp3) is 0.143. The van der Waals surface area contributed by atoms with Crippen molar-refractivity contribution in [1.82, 2.24) is 9.78 Å². The first-order valence-corrected chi connectivity index (χ1v) is 9.00. The molecule has 0 unspecified atom stereocenters. The van der Waals surface area contributed by atoms with Gasteiger partial charge in [-0.2, -0.15) is 9.78 Å². The molecule has 2 aromatic rings. The summed E-state index contributed by atoms with van der Waals surface area (Å²) < 4.78 is 1.37. The highest BCUT2D eigenvalue weighted by Gasteiger charge is 2.24. The third-order valence-electron chi connectivity index (χ3n) is 2.96. The molecule has 0 fully saturated rings. The van der Waals surface area contributed by atoms with Gasteiger partial charge in [0, 0.05) is 11.4 Å². The van der Waals surface area contributed by atoms with E-state index in [4.69, 9.17) is 28.3 Å². The summed E-state index contributed by atoms with van der Waals surface area (Å²) in [7, 11) is 0. The van der Waals surface area contributed by atoms with Crippen LogP contribution in [0.15, 0.2) is 27.3 Å². The number of benzene rings is 1. The first-order chi connectivity index (χ1) is 11.7. The maximum atomic E-state index is 12.4. The zero-order valence-corrected chi connectivity index (χ0v) is 16.9. The van der Waals surface area contributed by atoms with E-state index in [1.54, 1.807) is 6.07 Å². The van der Waals surface area contributed by atoms with Crippen molar-refractivity contribution in [1.29, 1.82) is 0 Å². The van der Waals surface area contributed by atoms with Gasteiger partial charge in [0.1, 0.15) is 4.60 Å². The van der Waals surface area contributed by atoms with Crippen LogP contribution in [0.4, 0.5) is 5.69 Å². The minimum Gasteiger partial charge on any atom is -0.481 e. The van der Waals surface area contributed by atoms with E-state index in [0.29, 0.717) is 10.7 Å². The Morgan fingerprint density at radius 1 is 1.20 bits per heavy atom. The summed E-state index contributed by atoms with van der Waals surface area (Å²) in [5, 5.41) is 15.8. The van der Waals surface area contributed by atoms with E-state index < -0.39 is 17.8 Å². The van der Waals surface area contributed by atoms with E-state index in [2.05, 4.69) is 42.3 Å². The molecule has 0 aliphatic heterocycles. The summed E-state index contributed by atoms with van der Waals surface area (Å²) in [6.07, 6.45) is -0.600. The Hall–Kier alpha value is -1.42. The number of halogens is 4. The normalized spacial score (nSPS) is 10.6.